The average Bonchev–Trinajstić information content (AvgIpc) is 3.46. The van der Waals surface area contributed by atoms with E-state index in [0.29, 0.717) is 45.6 Å². The number of carbonyl (C=O) groups is 2. The Morgan fingerprint density at radius 3 is 2.61 bits per heavy atom. The van der Waals surface area contributed by atoms with Gasteiger partial charge in [-0.3, -0.25) is 4.98 Å². The number of fused-ring (bicyclic) bond motifs is 2. The van der Waals surface area contributed by atoms with Crippen LogP contribution < -0.4 is 5.32 Å². The van der Waals surface area contributed by atoms with Crippen LogP contribution in [-0.4, -0.2) is 70.5 Å². The number of nitrogens with zero attached hydrogens (tertiary/aromatic N) is 5. The molecule has 1 atom stereocenters. The standard InChI is InChI=1S/C35H44N6O4Si/c1-25-19-26(20-29-22-37-41(33(25)29)24-44-17-18-46(2,3)4)21-32(27-9-13-36-14-10-27)45-35(43)39-15-11-30(12-16-39)40-23-28-7-5-6-8-31(28)38-34(40)42/h5-10,13-14,19-20,22,30,32H,11-12,15-18,21,23-24H2,1-4H3,(H,38,42). The first-order chi connectivity index (χ1) is 22.1. The van der Waals surface area contributed by atoms with Gasteiger partial charge in [0.1, 0.15) is 12.8 Å². The molecule has 1 fully saturated rings. The second kappa shape index (κ2) is 13.6. The highest BCUT2D eigenvalue weighted by molar-refractivity contribution is 6.76. The predicted molar refractivity (Wildman–Crippen MR) is 181 cm³/mol. The third-order valence-corrected chi connectivity index (χ3v) is 10.7. The highest BCUT2D eigenvalue weighted by Crippen LogP contribution is 2.30. The summed E-state index contributed by atoms with van der Waals surface area (Å²) in [5.41, 5.74) is 6.10. The molecule has 0 saturated carbocycles. The minimum atomic E-state index is -1.16. The number of hydrogen-bond acceptors (Lipinski definition) is 6. The third-order valence-electron chi connectivity index (χ3n) is 8.96. The monoisotopic (exact) mass is 640 g/mol. The van der Waals surface area contributed by atoms with E-state index in [0.717, 1.165) is 51.5 Å². The number of urea groups is 1. The van der Waals surface area contributed by atoms with Gasteiger partial charge >= 0.3 is 12.1 Å². The van der Waals surface area contributed by atoms with Gasteiger partial charge < -0.3 is 24.6 Å². The van der Waals surface area contributed by atoms with Crippen LogP contribution >= 0.6 is 0 Å². The number of carbonyl (C=O) groups excluding carboxylic acids is 2. The average molecular weight is 641 g/mol. The molecule has 1 N–H and O–H groups in total. The fourth-order valence-electron chi connectivity index (χ4n) is 6.36. The van der Waals surface area contributed by atoms with Crippen molar-refractivity contribution in [1.82, 2.24) is 24.6 Å². The quantitative estimate of drug-likeness (QED) is 0.148. The fraction of sp³-hybridized carbons (Fsp3) is 0.429. The van der Waals surface area contributed by atoms with Crippen LogP contribution in [0.4, 0.5) is 15.3 Å². The molecule has 3 amide bonds. The first-order valence-corrected chi connectivity index (χ1v) is 19.9. The lowest BCUT2D eigenvalue weighted by Crippen LogP contribution is -2.51. The van der Waals surface area contributed by atoms with Crippen LogP contribution in [0.25, 0.3) is 10.9 Å². The Hall–Kier alpha value is -4.22. The Labute approximate surface area is 271 Å². The van der Waals surface area contributed by atoms with Crippen LogP contribution in [0.3, 0.4) is 0 Å². The van der Waals surface area contributed by atoms with E-state index in [4.69, 9.17) is 9.47 Å². The van der Waals surface area contributed by atoms with Crippen molar-refractivity contribution in [3.05, 3.63) is 89.4 Å². The number of aromatic nitrogens is 3. The molecule has 1 unspecified atom stereocenters. The molecule has 6 rings (SSSR count). The zero-order chi connectivity index (χ0) is 32.3. The van der Waals surface area contributed by atoms with Crippen molar-refractivity contribution in [2.75, 3.05) is 25.0 Å². The number of pyridine rings is 1. The summed E-state index contributed by atoms with van der Waals surface area (Å²) in [4.78, 5) is 34.2. The van der Waals surface area contributed by atoms with Gasteiger partial charge in [-0.25, -0.2) is 14.3 Å². The first kappa shape index (κ1) is 31.7. The normalized spacial score (nSPS) is 16.3. The molecular formula is C35H44N6O4Si. The van der Waals surface area contributed by atoms with Gasteiger partial charge in [0, 0.05) is 70.2 Å². The van der Waals surface area contributed by atoms with Gasteiger partial charge in [0.05, 0.1) is 11.7 Å². The Bertz CT molecular complexity index is 1680. The number of aryl methyl sites for hydroxylation is 1. The van der Waals surface area contributed by atoms with Crippen molar-refractivity contribution in [1.29, 1.82) is 0 Å². The number of piperidine rings is 1. The summed E-state index contributed by atoms with van der Waals surface area (Å²) >= 11 is 0. The number of likely N-dealkylation sites (tertiary alicyclic amines) is 1. The number of para-hydroxylation sites is 1. The van der Waals surface area contributed by atoms with E-state index in [-0.39, 0.29) is 18.2 Å². The molecule has 2 aliphatic heterocycles. The van der Waals surface area contributed by atoms with Crippen LogP contribution in [0.5, 0.6) is 0 Å². The van der Waals surface area contributed by atoms with Crippen LogP contribution in [-0.2, 0) is 29.2 Å². The number of benzene rings is 2. The summed E-state index contributed by atoms with van der Waals surface area (Å²) in [5.74, 6) is 0. The number of rotatable bonds is 10. The van der Waals surface area contributed by atoms with Gasteiger partial charge in [0.25, 0.3) is 0 Å². The molecule has 2 aromatic carbocycles. The van der Waals surface area contributed by atoms with Crippen LogP contribution in [0.2, 0.25) is 25.7 Å². The number of nitrogens with one attached hydrogen (secondary N) is 1. The first-order valence-electron chi connectivity index (χ1n) is 16.2. The van der Waals surface area contributed by atoms with Gasteiger partial charge in [0.15, 0.2) is 0 Å². The molecule has 0 radical (unpaired) electrons. The molecule has 4 heterocycles. The SMILES string of the molecule is Cc1cc(CC(OC(=O)N2CCC(N3Cc4ccccc4NC3=O)CC2)c2ccncc2)cc2cnn(COCC[Si](C)(C)C)c12. The van der Waals surface area contributed by atoms with Crippen molar-refractivity contribution < 1.29 is 19.1 Å². The number of ether oxygens (including phenoxy) is 2. The topological polar surface area (TPSA) is 102 Å². The maximum absolute atomic E-state index is 13.5. The molecule has 2 aliphatic rings. The minimum Gasteiger partial charge on any atom is -0.441 e. The number of hydrogen-bond donors (Lipinski definition) is 1. The van der Waals surface area contributed by atoms with Gasteiger partial charge in [-0.1, -0.05) is 43.9 Å². The van der Waals surface area contributed by atoms with Crippen molar-refractivity contribution in [3.8, 4) is 0 Å². The highest BCUT2D eigenvalue weighted by atomic mass is 28.3. The van der Waals surface area contributed by atoms with Crippen LogP contribution in [0.1, 0.15) is 41.2 Å². The fourth-order valence-corrected chi connectivity index (χ4v) is 7.12. The van der Waals surface area contributed by atoms with Crippen molar-refractivity contribution in [3.63, 3.8) is 0 Å². The minimum absolute atomic E-state index is 0.0646. The molecule has 10 nitrogen and oxygen atoms in total. The second-order valence-electron chi connectivity index (χ2n) is 13.6. The lowest BCUT2D eigenvalue weighted by atomic mass is 9.99. The van der Waals surface area contributed by atoms with E-state index in [2.05, 4.69) is 54.1 Å². The molecular weight excluding hydrogens is 597 g/mol. The Morgan fingerprint density at radius 1 is 1.09 bits per heavy atom. The van der Waals surface area contributed by atoms with Gasteiger partial charge in [-0.2, -0.15) is 5.10 Å². The van der Waals surface area contributed by atoms with E-state index in [1.54, 1.807) is 17.3 Å². The van der Waals surface area contributed by atoms with E-state index in [1.807, 2.05) is 52.2 Å². The van der Waals surface area contributed by atoms with Crippen LogP contribution in [0.15, 0.2) is 67.1 Å². The number of amides is 3. The molecule has 46 heavy (non-hydrogen) atoms. The molecule has 242 valence electrons. The molecule has 2 aromatic heterocycles. The van der Waals surface area contributed by atoms with Gasteiger partial charge in [0.2, 0.25) is 0 Å². The van der Waals surface area contributed by atoms with Crippen molar-refractivity contribution in [2.24, 2.45) is 0 Å². The Morgan fingerprint density at radius 2 is 1.85 bits per heavy atom. The second-order valence-corrected chi connectivity index (χ2v) is 19.3. The maximum atomic E-state index is 13.5. The largest absolute Gasteiger partial charge is 0.441 e. The van der Waals surface area contributed by atoms with Crippen molar-refractivity contribution in [2.45, 2.75) is 77.3 Å². The Kier molecular flexibility index (Phi) is 9.41. The zero-order valence-electron chi connectivity index (χ0n) is 27.2. The summed E-state index contributed by atoms with van der Waals surface area (Å²) in [6, 6.07) is 17.1. The summed E-state index contributed by atoms with van der Waals surface area (Å²) in [7, 11) is -1.16. The zero-order valence-corrected chi connectivity index (χ0v) is 28.2. The summed E-state index contributed by atoms with van der Waals surface area (Å²) in [6.07, 6.45) is 6.44. The predicted octanol–water partition coefficient (Wildman–Crippen LogP) is 6.98. The molecule has 1 saturated heterocycles. The third kappa shape index (κ3) is 7.42. The highest BCUT2D eigenvalue weighted by Gasteiger charge is 2.33. The molecule has 4 aromatic rings. The summed E-state index contributed by atoms with van der Waals surface area (Å²) in [5, 5.41) is 8.65. The molecule has 0 bridgehead atoms. The number of anilines is 1. The van der Waals surface area contributed by atoms with Gasteiger partial charge in [-0.15, -0.1) is 0 Å². The lowest BCUT2D eigenvalue weighted by molar-refractivity contribution is 0.0477. The van der Waals surface area contributed by atoms with E-state index in [9.17, 15) is 9.59 Å². The smallest absolute Gasteiger partial charge is 0.410 e. The molecule has 0 spiro atoms. The van der Waals surface area contributed by atoms with E-state index < -0.39 is 14.2 Å². The van der Waals surface area contributed by atoms with Crippen molar-refractivity contribution >= 4 is 36.8 Å². The maximum Gasteiger partial charge on any atom is 0.410 e. The summed E-state index contributed by atoms with van der Waals surface area (Å²) in [6.45, 7) is 11.9. The van der Waals surface area contributed by atoms with E-state index in [1.165, 1.54) is 0 Å². The molecule has 11 heteroatoms. The van der Waals surface area contributed by atoms with Crippen LogP contribution in [0, 0.1) is 6.92 Å². The Balaban J connectivity index is 1.10. The lowest BCUT2D eigenvalue weighted by Gasteiger charge is -2.40. The van der Waals surface area contributed by atoms with E-state index >= 15 is 0 Å². The van der Waals surface area contributed by atoms with Gasteiger partial charge in [-0.05, 0) is 72.3 Å². The summed E-state index contributed by atoms with van der Waals surface area (Å²) < 4.78 is 14.1. The molecule has 0 aliphatic carbocycles.